The Morgan fingerprint density at radius 3 is 2.16 bits per heavy atom. The lowest BCUT2D eigenvalue weighted by molar-refractivity contribution is 0.122. The van der Waals surface area contributed by atoms with Gasteiger partial charge >= 0.3 is 0 Å². The van der Waals surface area contributed by atoms with Crippen molar-refractivity contribution in [2.75, 3.05) is 36.9 Å². The minimum absolute atomic E-state index is 0. The maximum Gasteiger partial charge on any atom is 0.161 e. The third-order valence-electron chi connectivity index (χ3n) is 5.70. The average molecular weight is 648 g/mol. The molecule has 3 aromatic rings. The average Bonchev–Trinajstić information content (AvgIpc) is 3.66. The third kappa shape index (κ3) is 9.06. The molecule has 2 fully saturated rings. The molecule has 0 spiro atoms. The summed E-state index contributed by atoms with van der Waals surface area (Å²) < 4.78 is 5.57. The van der Waals surface area contributed by atoms with Gasteiger partial charge in [-0.2, -0.15) is 0 Å². The molecule has 1 aliphatic heterocycles. The van der Waals surface area contributed by atoms with Crippen LogP contribution in [-0.2, 0) is 9.48 Å². The smallest absolute Gasteiger partial charge is 0.161 e. The Kier molecular flexibility index (Phi) is 13.8. The van der Waals surface area contributed by atoms with Crippen LogP contribution in [0.5, 0.6) is 0 Å². The number of ether oxygens (including phenoxy) is 1. The number of morpholine rings is 1. The Hall–Kier alpha value is -2.00. The standard InChI is InChI=1S/C23H24N4OS.C3H9NO.HI.2H2O.2H2/c24-18-8-6-17(7-9-18)22-25-20(16-21(26-22)27-12-14-28-15-13-27)23(10-11-23)29-19-4-2-1-3-5-19;1-3(2)4-5;;;;;/h1-9,16H,10-15,24H2;3-5H,1-2H3;1H;2*1H2;2*1H. The van der Waals surface area contributed by atoms with Gasteiger partial charge in [-0.3, -0.25) is 0 Å². The molecular formula is C26H42IN5O4S. The largest absolute Gasteiger partial charge is 0.412 e. The van der Waals surface area contributed by atoms with Gasteiger partial charge in [0.25, 0.3) is 0 Å². The van der Waals surface area contributed by atoms with E-state index in [0.717, 1.165) is 67.7 Å². The zero-order chi connectivity index (χ0) is 24.0. The minimum Gasteiger partial charge on any atom is -0.412 e. The molecule has 0 unspecified atom stereocenters. The molecule has 1 saturated carbocycles. The van der Waals surface area contributed by atoms with Gasteiger partial charge in [0.1, 0.15) is 5.82 Å². The van der Waals surface area contributed by atoms with Gasteiger partial charge in [-0.05, 0) is 63.1 Å². The molecule has 9 nitrogen and oxygen atoms in total. The van der Waals surface area contributed by atoms with Crippen LogP contribution in [0.4, 0.5) is 11.5 Å². The first-order valence-electron chi connectivity index (χ1n) is 11.7. The highest BCUT2D eigenvalue weighted by Crippen LogP contribution is 2.59. The van der Waals surface area contributed by atoms with Crippen LogP contribution in [0.3, 0.4) is 0 Å². The van der Waals surface area contributed by atoms with Gasteiger partial charge in [0.2, 0.25) is 0 Å². The highest BCUT2D eigenvalue weighted by Gasteiger charge is 2.47. The van der Waals surface area contributed by atoms with E-state index in [1.54, 1.807) is 0 Å². The maximum atomic E-state index is 7.89. The first kappa shape index (κ1) is 33.0. The van der Waals surface area contributed by atoms with E-state index in [1.807, 2.05) is 55.4 Å². The maximum absolute atomic E-state index is 7.89. The second-order valence-corrected chi connectivity index (χ2v) is 10.3. The first-order chi connectivity index (χ1) is 16.5. The second-order valence-electron chi connectivity index (χ2n) is 8.85. The molecule has 37 heavy (non-hydrogen) atoms. The molecule has 1 aromatic heterocycles. The predicted octanol–water partition coefficient (Wildman–Crippen LogP) is 4.18. The van der Waals surface area contributed by atoms with E-state index in [2.05, 4.69) is 41.3 Å². The number of hydrogen-bond acceptors (Lipinski definition) is 8. The number of benzene rings is 2. The molecule has 0 amide bonds. The van der Waals surface area contributed by atoms with E-state index in [-0.39, 0.29) is 48.6 Å². The van der Waals surface area contributed by atoms with Gasteiger partial charge in [-0.25, -0.2) is 15.4 Å². The van der Waals surface area contributed by atoms with E-state index in [0.29, 0.717) is 0 Å². The number of nitrogen functional groups attached to an aromatic ring is 1. The molecule has 5 rings (SSSR count). The SMILES string of the molecule is CC(C)NO.I.Nc1ccc(-c2nc(N3CCOCC3)cc(C3(Sc4ccccc4)CC3)n2)cc1.O.O.[HH].[HH]. The fourth-order valence-corrected chi connectivity index (χ4v) is 4.88. The number of thioether (sulfide) groups is 1. The summed E-state index contributed by atoms with van der Waals surface area (Å²) in [6, 6.07) is 20.8. The molecular weight excluding hydrogens is 605 g/mol. The monoisotopic (exact) mass is 647 g/mol. The van der Waals surface area contributed by atoms with Gasteiger partial charge in [0.15, 0.2) is 5.82 Å². The van der Waals surface area contributed by atoms with Crippen molar-refractivity contribution in [1.29, 1.82) is 0 Å². The molecule has 2 aliphatic rings. The molecule has 208 valence electrons. The van der Waals surface area contributed by atoms with E-state index in [1.165, 1.54) is 4.90 Å². The number of nitrogens with zero attached hydrogens (tertiary/aromatic N) is 3. The summed E-state index contributed by atoms with van der Waals surface area (Å²) in [5.74, 6) is 1.76. The fourth-order valence-electron chi connectivity index (χ4n) is 3.62. The van der Waals surface area contributed by atoms with E-state index in [9.17, 15) is 0 Å². The van der Waals surface area contributed by atoms with Crippen molar-refractivity contribution in [3.05, 3.63) is 66.4 Å². The van der Waals surface area contributed by atoms with Crippen LogP contribution >= 0.6 is 35.7 Å². The van der Waals surface area contributed by atoms with E-state index in [4.69, 9.17) is 25.6 Å². The molecule has 0 bridgehead atoms. The highest BCUT2D eigenvalue weighted by molar-refractivity contribution is 14.0. The third-order valence-corrected chi connectivity index (χ3v) is 7.22. The fraction of sp³-hybridized carbons (Fsp3) is 0.385. The van der Waals surface area contributed by atoms with Crippen molar-refractivity contribution in [3.8, 4) is 11.4 Å². The van der Waals surface area contributed by atoms with Crippen LogP contribution in [0.15, 0.2) is 65.6 Å². The summed E-state index contributed by atoms with van der Waals surface area (Å²) >= 11 is 1.92. The van der Waals surface area contributed by atoms with Crippen molar-refractivity contribution in [3.63, 3.8) is 0 Å². The van der Waals surface area contributed by atoms with Crippen LogP contribution in [-0.4, -0.2) is 58.5 Å². The number of nitrogens with two attached hydrogens (primary N) is 1. The van der Waals surface area contributed by atoms with Gasteiger partial charge in [-0.15, -0.1) is 35.7 Å². The zero-order valence-electron chi connectivity index (χ0n) is 21.2. The van der Waals surface area contributed by atoms with Gasteiger partial charge < -0.3 is 31.5 Å². The number of aromatic nitrogens is 2. The van der Waals surface area contributed by atoms with Crippen molar-refractivity contribution in [2.24, 2.45) is 0 Å². The van der Waals surface area contributed by atoms with Gasteiger partial charge in [-0.1, -0.05) is 18.2 Å². The molecule has 2 heterocycles. The minimum atomic E-state index is 0. The lowest BCUT2D eigenvalue weighted by atomic mass is 10.1. The predicted molar refractivity (Wildman–Crippen MR) is 165 cm³/mol. The molecule has 1 aliphatic carbocycles. The Labute approximate surface area is 242 Å². The van der Waals surface area contributed by atoms with E-state index >= 15 is 0 Å². The zero-order valence-corrected chi connectivity index (χ0v) is 24.3. The number of anilines is 2. The molecule has 0 atom stereocenters. The summed E-state index contributed by atoms with van der Waals surface area (Å²) in [5.41, 5.74) is 10.8. The molecule has 0 radical (unpaired) electrons. The molecule has 1 saturated heterocycles. The Bertz CT molecular complexity index is 1080. The Morgan fingerprint density at radius 2 is 1.62 bits per heavy atom. The van der Waals surface area contributed by atoms with Gasteiger partial charge in [0.05, 0.1) is 23.7 Å². The number of hydrogen-bond donors (Lipinski definition) is 3. The Morgan fingerprint density at radius 1 is 1.03 bits per heavy atom. The topological polar surface area (TPSA) is 160 Å². The summed E-state index contributed by atoms with van der Waals surface area (Å²) in [5, 5.41) is 7.89. The first-order valence-corrected chi connectivity index (χ1v) is 12.5. The van der Waals surface area contributed by atoms with Crippen molar-refractivity contribution in [1.82, 2.24) is 15.4 Å². The number of halogens is 1. The normalized spacial score (nSPS) is 15.3. The highest BCUT2D eigenvalue weighted by atomic mass is 127. The van der Waals surface area contributed by atoms with Crippen LogP contribution < -0.4 is 16.1 Å². The molecule has 11 heteroatoms. The number of nitrogens with one attached hydrogen (secondary N) is 1. The summed E-state index contributed by atoms with van der Waals surface area (Å²) in [4.78, 5) is 13.5. The van der Waals surface area contributed by atoms with Crippen molar-refractivity contribution in [2.45, 2.75) is 42.4 Å². The molecule has 2 aromatic carbocycles. The van der Waals surface area contributed by atoms with Crippen LogP contribution in [0.1, 0.15) is 35.2 Å². The quantitative estimate of drug-likeness (QED) is 0.204. The second kappa shape index (κ2) is 15.4. The summed E-state index contributed by atoms with van der Waals surface area (Å²) in [6.45, 7) is 6.91. The van der Waals surface area contributed by atoms with Gasteiger partial charge in [0, 0.05) is 44.2 Å². The summed E-state index contributed by atoms with van der Waals surface area (Å²) in [7, 11) is 0. The van der Waals surface area contributed by atoms with Crippen LogP contribution in [0.2, 0.25) is 0 Å². The van der Waals surface area contributed by atoms with Crippen molar-refractivity contribution < 1.29 is 23.7 Å². The Balaban J connectivity index is 0. The van der Waals surface area contributed by atoms with E-state index < -0.39 is 0 Å². The number of rotatable bonds is 6. The van der Waals surface area contributed by atoms with Crippen LogP contribution in [0.25, 0.3) is 11.4 Å². The van der Waals surface area contributed by atoms with Crippen LogP contribution in [0, 0.1) is 0 Å². The summed E-state index contributed by atoms with van der Waals surface area (Å²) in [6.07, 6.45) is 2.26. The molecule has 8 N–H and O–H groups in total. The van der Waals surface area contributed by atoms with Crippen molar-refractivity contribution >= 4 is 47.2 Å². The number of hydroxylamine groups is 1. The lowest BCUT2D eigenvalue weighted by Crippen LogP contribution is -2.37. The lowest BCUT2D eigenvalue weighted by Gasteiger charge is -2.29.